The predicted molar refractivity (Wildman–Crippen MR) is 79.0 cm³/mol. The Morgan fingerprint density at radius 1 is 1.60 bits per heavy atom. The maximum absolute atomic E-state index is 12.5. The van der Waals surface area contributed by atoms with Gasteiger partial charge in [-0.15, -0.1) is 0 Å². The van der Waals surface area contributed by atoms with Crippen molar-refractivity contribution in [3.05, 3.63) is 24.0 Å². The SMILES string of the molecule is CCCNc1ccnc(C(=O)N2CCCOC(C)C2)c1. The van der Waals surface area contributed by atoms with Gasteiger partial charge in [-0.1, -0.05) is 6.92 Å². The highest BCUT2D eigenvalue weighted by atomic mass is 16.5. The molecule has 2 heterocycles. The molecule has 5 heteroatoms. The number of rotatable bonds is 4. The van der Waals surface area contributed by atoms with E-state index in [2.05, 4.69) is 17.2 Å². The van der Waals surface area contributed by atoms with Crippen LogP contribution >= 0.6 is 0 Å². The van der Waals surface area contributed by atoms with E-state index in [1.54, 1.807) is 6.20 Å². The number of aromatic nitrogens is 1. The van der Waals surface area contributed by atoms with Crippen molar-refractivity contribution in [1.29, 1.82) is 0 Å². The lowest BCUT2D eigenvalue weighted by atomic mass is 10.2. The van der Waals surface area contributed by atoms with E-state index in [-0.39, 0.29) is 12.0 Å². The van der Waals surface area contributed by atoms with E-state index in [0.717, 1.165) is 38.2 Å². The summed E-state index contributed by atoms with van der Waals surface area (Å²) in [5.41, 5.74) is 1.45. The third-order valence-electron chi connectivity index (χ3n) is 3.30. The van der Waals surface area contributed by atoms with Crippen molar-refractivity contribution >= 4 is 11.6 Å². The third kappa shape index (κ3) is 3.93. The Kier molecular flexibility index (Phi) is 5.35. The average molecular weight is 277 g/mol. The Morgan fingerprint density at radius 2 is 2.45 bits per heavy atom. The average Bonchev–Trinajstić information content (AvgIpc) is 2.69. The molecule has 1 aliphatic rings. The van der Waals surface area contributed by atoms with E-state index in [4.69, 9.17) is 4.74 Å². The Bertz CT molecular complexity index is 450. The van der Waals surface area contributed by atoms with E-state index in [1.165, 1.54) is 0 Å². The van der Waals surface area contributed by atoms with Crippen molar-refractivity contribution in [2.75, 3.05) is 31.6 Å². The summed E-state index contributed by atoms with van der Waals surface area (Å²) in [5, 5.41) is 3.28. The van der Waals surface area contributed by atoms with E-state index >= 15 is 0 Å². The Balaban J connectivity index is 2.07. The van der Waals surface area contributed by atoms with Crippen molar-refractivity contribution in [2.24, 2.45) is 0 Å². The van der Waals surface area contributed by atoms with Crippen LogP contribution in [0.1, 0.15) is 37.2 Å². The normalized spacial score (nSPS) is 19.5. The molecule has 1 fully saturated rings. The summed E-state index contributed by atoms with van der Waals surface area (Å²) in [4.78, 5) is 18.5. The first-order valence-corrected chi connectivity index (χ1v) is 7.31. The van der Waals surface area contributed by atoms with Crippen LogP contribution in [0, 0.1) is 0 Å². The van der Waals surface area contributed by atoms with E-state index < -0.39 is 0 Å². The zero-order valence-corrected chi connectivity index (χ0v) is 12.3. The Morgan fingerprint density at radius 3 is 3.25 bits per heavy atom. The second kappa shape index (κ2) is 7.24. The van der Waals surface area contributed by atoms with Crippen molar-refractivity contribution in [1.82, 2.24) is 9.88 Å². The first-order valence-electron chi connectivity index (χ1n) is 7.31. The molecule has 1 amide bonds. The zero-order valence-electron chi connectivity index (χ0n) is 12.3. The van der Waals surface area contributed by atoms with Crippen molar-refractivity contribution in [3.8, 4) is 0 Å². The predicted octanol–water partition coefficient (Wildman–Crippen LogP) is 2.15. The summed E-state index contributed by atoms with van der Waals surface area (Å²) in [6, 6.07) is 3.72. The van der Waals surface area contributed by atoms with Gasteiger partial charge in [0.2, 0.25) is 0 Å². The maximum atomic E-state index is 12.5. The molecule has 110 valence electrons. The van der Waals surface area contributed by atoms with Crippen LogP contribution in [0.2, 0.25) is 0 Å². The molecule has 0 spiro atoms. The lowest BCUT2D eigenvalue weighted by molar-refractivity contribution is 0.0559. The molecule has 1 aromatic heterocycles. The van der Waals surface area contributed by atoms with Crippen molar-refractivity contribution < 1.29 is 9.53 Å². The summed E-state index contributed by atoms with van der Waals surface area (Å²) >= 11 is 0. The maximum Gasteiger partial charge on any atom is 0.272 e. The van der Waals surface area contributed by atoms with E-state index in [0.29, 0.717) is 12.2 Å². The molecule has 0 radical (unpaired) electrons. The van der Waals surface area contributed by atoms with Gasteiger partial charge in [-0.25, -0.2) is 0 Å². The molecule has 1 atom stereocenters. The minimum Gasteiger partial charge on any atom is -0.385 e. The standard InChI is InChI=1S/C15H23N3O2/c1-3-6-16-13-5-7-17-14(10-13)15(19)18-8-4-9-20-12(2)11-18/h5,7,10,12H,3-4,6,8-9,11H2,1-2H3,(H,16,17). The highest BCUT2D eigenvalue weighted by Gasteiger charge is 2.22. The van der Waals surface area contributed by atoms with Crippen LogP contribution in [0.5, 0.6) is 0 Å². The molecule has 0 aliphatic carbocycles. The summed E-state index contributed by atoms with van der Waals surface area (Å²) in [6.45, 7) is 7.09. The number of anilines is 1. The number of hydrogen-bond donors (Lipinski definition) is 1. The summed E-state index contributed by atoms with van der Waals surface area (Å²) in [6.07, 6.45) is 3.70. The van der Waals surface area contributed by atoms with Gasteiger partial charge in [0.1, 0.15) is 5.69 Å². The summed E-state index contributed by atoms with van der Waals surface area (Å²) in [7, 11) is 0. The molecular formula is C15H23N3O2. The van der Waals surface area contributed by atoms with E-state index in [1.807, 2.05) is 24.0 Å². The first kappa shape index (κ1) is 14.8. The molecule has 0 saturated carbocycles. The third-order valence-corrected chi connectivity index (χ3v) is 3.30. The van der Waals surface area contributed by atoms with Crippen LogP contribution in [-0.4, -0.2) is 48.1 Å². The number of carbonyl (C=O) groups is 1. The van der Waals surface area contributed by atoms with Crippen molar-refractivity contribution in [2.45, 2.75) is 32.8 Å². The van der Waals surface area contributed by atoms with E-state index in [9.17, 15) is 4.79 Å². The van der Waals surface area contributed by atoms with Crippen LogP contribution in [0.15, 0.2) is 18.3 Å². The lowest BCUT2D eigenvalue weighted by Crippen LogP contribution is -2.36. The lowest BCUT2D eigenvalue weighted by Gasteiger charge is -2.21. The molecular weight excluding hydrogens is 254 g/mol. The zero-order chi connectivity index (χ0) is 14.4. The molecule has 5 nitrogen and oxygen atoms in total. The quantitative estimate of drug-likeness (QED) is 0.916. The summed E-state index contributed by atoms with van der Waals surface area (Å²) in [5.74, 6) is -0.0116. The number of nitrogens with zero attached hydrogens (tertiary/aromatic N) is 2. The highest BCUT2D eigenvalue weighted by molar-refractivity contribution is 5.93. The van der Waals surface area contributed by atoms with Crippen LogP contribution < -0.4 is 5.32 Å². The monoisotopic (exact) mass is 277 g/mol. The van der Waals surface area contributed by atoms with Crippen LogP contribution in [0.3, 0.4) is 0 Å². The smallest absolute Gasteiger partial charge is 0.272 e. The molecule has 0 bridgehead atoms. The topological polar surface area (TPSA) is 54.5 Å². The van der Waals surface area contributed by atoms with Gasteiger partial charge in [0, 0.05) is 38.1 Å². The minimum absolute atomic E-state index is 0.0116. The highest BCUT2D eigenvalue weighted by Crippen LogP contribution is 2.13. The van der Waals surface area contributed by atoms with Crippen LogP contribution in [0.4, 0.5) is 5.69 Å². The first-order chi connectivity index (χ1) is 9.70. The minimum atomic E-state index is -0.0116. The number of nitrogens with one attached hydrogen (secondary N) is 1. The molecule has 1 N–H and O–H groups in total. The second-order valence-electron chi connectivity index (χ2n) is 5.14. The molecule has 0 aromatic carbocycles. The largest absolute Gasteiger partial charge is 0.385 e. The fourth-order valence-corrected chi connectivity index (χ4v) is 2.27. The Hall–Kier alpha value is -1.62. The molecule has 1 aliphatic heterocycles. The van der Waals surface area contributed by atoms with Gasteiger partial charge in [0.25, 0.3) is 5.91 Å². The fourth-order valence-electron chi connectivity index (χ4n) is 2.27. The Labute approximate surface area is 120 Å². The van der Waals surface area contributed by atoms with Gasteiger partial charge in [-0.3, -0.25) is 9.78 Å². The molecule has 2 rings (SSSR count). The molecule has 1 saturated heterocycles. The molecule has 1 unspecified atom stereocenters. The van der Waals surface area contributed by atoms with Gasteiger partial charge in [0.05, 0.1) is 6.10 Å². The summed E-state index contributed by atoms with van der Waals surface area (Å²) < 4.78 is 5.57. The fraction of sp³-hybridized carbons (Fsp3) is 0.600. The van der Waals surface area contributed by atoms with Crippen LogP contribution in [-0.2, 0) is 4.74 Å². The van der Waals surface area contributed by atoms with Gasteiger partial charge in [0.15, 0.2) is 0 Å². The number of carbonyl (C=O) groups excluding carboxylic acids is 1. The van der Waals surface area contributed by atoms with Crippen molar-refractivity contribution in [3.63, 3.8) is 0 Å². The molecule has 1 aromatic rings. The number of hydrogen-bond acceptors (Lipinski definition) is 4. The van der Waals surface area contributed by atoms with Gasteiger partial charge in [-0.05, 0) is 31.9 Å². The molecule has 20 heavy (non-hydrogen) atoms. The van der Waals surface area contributed by atoms with Gasteiger partial charge < -0.3 is 15.0 Å². The van der Waals surface area contributed by atoms with Gasteiger partial charge in [-0.2, -0.15) is 0 Å². The van der Waals surface area contributed by atoms with Crippen LogP contribution in [0.25, 0.3) is 0 Å². The van der Waals surface area contributed by atoms with Gasteiger partial charge >= 0.3 is 0 Å². The number of amides is 1. The second-order valence-corrected chi connectivity index (χ2v) is 5.14. The number of ether oxygens (including phenoxy) is 1. The number of pyridine rings is 1.